The van der Waals surface area contributed by atoms with Gasteiger partial charge in [0.2, 0.25) is 0 Å². The van der Waals surface area contributed by atoms with E-state index in [0.29, 0.717) is 0 Å². The maximum absolute atomic E-state index is 4.62. The molecule has 0 fully saturated rings. The number of thiophene rings is 1. The van der Waals surface area contributed by atoms with Gasteiger partial charge in [-0.25, -0.2) is 9.97 Å². The summed E-state index contributed by atoms with van der Waals surface area (Å²) in [6, 6.07) is 0. The molecule has 18 heavy (non-hydrogen) atoms. The van der Waals surface area contributed by atoms with E-state index in [1.54, 1.807) is 0 Å². The van der Waals surface area contributed by atoms with Gasteiger partial charge in [0.25, 0.3) is 0 Å². The van der Waals surface area contributed by atoms with Gasteiger partial charge in [-0.1, -0.05) is 6.92 Å². The highest BCUT2D eigenvalue weighted by Crippen LogP contribution is 2.38. The number of hydrogen-bond donors (Lipinski definition) is 1. The van der Waals surface area contributed by atoms with Crippen LogP contribution >= 0.6 is 11.3 Å². The van der Waals surface area contributed by atoms with Crippen LogP contribution in [0.25, 0.3) is 10.2 Å². The van der Waals surface area contributed by atoms with Gasteiger partial charge in [-0.2, -0.15) is 0 Å². The van der Waals surface area contributed by atoms with Crippen molar-refractivity contribution in [3.05, 3.63) is 16.3 Å². The first kappa shape index (κ1) is 11.9. The Balaban J connectivity index is 2.16. The van der Waals surface area contributed by atoms with E-state index in [0.717, 1.165) is 24.6 Å². The van der Waals surface area contributed by atoms with Crippen molar-refractivity contribution in [1.29, 1.82) is 0 Å². The largest absolute Gasteiger partial charge is 0.369 e. The molecule has 4 heteroatoms. The van der Waals surface area contributed by atoms with E-state index in [2.05, 4.69) is 22.2 Å². The molecule has 2 heterocycles. The van der Waals surface area contributed by atoms with Crippen LogP contribution in [0.5, 0.6) is 0 Å². The molecule has 0 saturated carbocycles. The van der Waals surface area contributed by atoms with Crippen LogP contribution in [0.4, 0.5) is 5.82 Å². The van der Waals surface area contributed by atoms with Gasteiger partial charge in [0.15, 0.2) is 0 Å². The molecule has 3 rings (SSSR count). The minimum Gasteiger partial charge on any atom is -0.369 e. The van der Waals surface area contributed by atoms with Crippen LogP contribution in [-0.4, -0.2) is 16.5 Å². The van der Waals surface area contributed by atoms with Gasteiger partial charge in [-0.3, -0.25) is 0 Å². The molecule has 1 aliphatic carbocycles. The van der Waals surface area contributed by atoms with Crippen molar-refractivity contribution in [3.63, 3.8) is 0 Å². The van der Waals surface area contributed by atoms with Crippen molar-refractivity contribution >= 4 is 27.4 Å². The molecule has 0 aliphatic heterocycles. The molecule has 1 aliphatic rings. The third-order valence-electron chi connectivity index (χ3n) is 3.47. The van der Waals surface area contributed by atoms with Crippen molar-refractivity contribution in [3.8, 4) is 0 Å². The van der Waals surface area contributed by atoms with Crippen LogP contribution in [0, 0.1) is 6.92 Å². The van der Waals surface area contributed by atoms with Gasteiger partial charge in [-0.15, -0.1) is 11.3 Å². The Kier molecular flexibility index (Phi) is 3.20. The third kappa shape index (κ3) is 1.99. The summed E-state index contributed by atoms with van der Waals surface area (Å²) in [7, 11) is 0. The summed E-state index contributed by atoms with van der Waals surface area (Å²) in [6.45, 7) is 5.15. The zero-order valence-corrected chi connectivity index (χ0v) is 11.9. The smallest absolute Gasteiger partial charge is 0.138 e. The van der Waals surface area contributed by atoms with E-state index in [4.69, 9.17) is 0 Å². The van der Waals surface area contributed by atoms with Gasteiger partial charge in [0, 0.05) is 11.4 Å². The number of rotatable bonds is 3. The zero-order valence-electron chi connectivity index (χ0n) is 11.0. The van der Waals surface area contributed by atoms with Crippen molar-refractivity contribution < 1.29 is 0 Å². The fraction of sp³-hybridized carbons (Fsp3) is 0.571. The molecule has 0 unspecified atom stereocenters. The maximum Gasteiger partial charge on any atom is 0.138 e. The Labute approximate surface area is 112 Å². The first-order chi connectivity index (χ1) is 8.79. The first-order valence-corrected chi connectivity index (χ1v) is 7.64. The summed E-state index contributed by atoms with van der Waals surface area (Å²) >= 11 is 1.87. The Morgan fingerprint density at radius 1 is 1.22 bits per heavy atom. The number of aromatic nitrogens is 2. The summed E-state index contributed by atoms with van der Waals surface area (Å²) in [5.41, 5.74) is 1.51. The molecule has 0 saturated heterocycles. The molecule has 0 atom stereocenters. The summed E-state index contributed by atoms with van der Waals surface area (Å²) in [5.74, 6) is 1.93. The standard InChI is InChI=1S/C14H19N3S/c1-3-8-15-13-12-10-6-4-5-7-11(10)18-14(12)17-9(2)16-13/h3-8H2,1-2H3,(H,15,16,17). The number of aryl methyl sites for hydroxylation is 3. The number of fused-ring (bicyclic) bond motifs is 3. The average molecular weight is 261 g/mol. The van der Waals surface area contributed by atoms with Crippen LogP contribution in [-0.2, 0) is 12.8 Å². The predicted octanol–water partition coefficient (Wildman–Crippen LogP) is 3.70. The van der Waals surface area contributed by atoms with E-state index in [1.165, 1.54) is 46.3 Å². The molecule has 3 nitrogen and oxygen atoms in total. The van der Waals surface area contributed by atoms with Gasteiger partial charge < -0.3 is 5.32 Å². The normalized spacial score (nSPS) is 14.8. The highest BCUT2D eigenvalue weighted by Gasteiger charge is 2.20. The van der Waals surface area contributed by atoms with Gasteiger partial charge >= 0.3 is 0 Å². The molecule has 96 valence electrons. The third-order valence-corrected chi connectivity index (χ3v) is 4.65. The van der Waals surface area contributed by atoms with Crippen LogP contribution in [0.3, 0.4) is 0 Å². The molecular formula is C14H19N3S. The fourth-order valence-corrected chi connectivity index (χ4v) is 3.94. The highest BCUT2D eigenvalue weighted by molar-refractivity contribution is 7.19. The quantitative estimate of drug-likeness (QED) is 0.915. The molecule has 1 N–H and O–H groups in total. The zero-order chi connectivity index (χ0) is 12.5. The number of anilines is 1. The van der Waals surface area contributed by atoms with Crippen molar-refractivity contribution in [2.24, 2.45) is 0 Å². The lowest BCUT2D eigenvalue weighted by molar-refractivity contribution is 0.700. The average Bonchev–Trinajstić information content (AvgIpc) is 2.73. The number of hydrogen-bond acceptors (Lipinski definition) is 4. The first-order valence-electron chi connectivity index (χ1n) is 6.82. The Bertz CT molecular complexity index is 574. The van der Waals surface area contributed by atoms with Crippen LogP contribution < -0.4 is 5.32 Å². The summed E-state index contributed by atoms with van der Waals surface area (Å²) in [5, 5.41) is 4.77. The van der Waals surface area contributed by atoms with Crippen LogP contribution in [0.1, 0.15) is 42.5 Å². The van der Waals surface area contributed by atoms with E-state index >= 15 is 0 Å². The van der Waals surface area contributed by atoms with Gasteiger partial charge in [0.1, 0.15) is 16.5 Å². The second-order valence-corrected chi connectivity index (χ2v) is 6.02. The van der Waals surface area contributed by atoms with E-state index in [-0.39, 0.29) is 0 Å². The van der Waals surface area contributed by atoms with E-state index in [1.807, 2.05) is 18.3 Å². The lowest BCUT2D eigenvalue weighted by Gasteiger charge is -2.12. The van der Waals surface area contributed by atoms with Crippen LogP contribution in [0.2, 0.25) is 0 Å². The van der Waals surface area contributed by atoms with Gasteiger partial charge in [-0.05, 0) is 44.6 Å². The van der Waals surface area contributed by atoms with E-state index in [9.17, 15) is 0 Å². The molecular weight excluding hydrogens is 242 g/mol. The molecule has 0 aromatic carbocycles. The van der Waals surface area contributed by atoms with Gasteiger partial charge in [0.05, 0.1) is 5.39 Å². The molecule has 0 radical (unpaired) electrons. The Morgan fingerprint density at radius 2 is 2.06 bits per heavy atom. The van der Waals surface area contributed by atoms with Crippen LogP contribution in [0.15, 0.2) is 0 Å². The summed E-state index contributed by atoms with van der Waals surface area (Å²) in [6.07, 6.45) is 6.17. The second kappa shape index (κ2) is 4.84. The lowest BCUT2D eigenvalue weighted by atomic mass is 9.97. The van der Waals surface area contributed by atoms with Crippen molar-refractivity contribution in [1.82, 2.24) is 9.97 Å². The summed E-state index contributed by atoms with van der Waals surface area (Å²) < 4.78 is 0. The van der Waals surface area contributed by atoms with Crippen molar-refractivity contribution in [2.45, 2.75) is 46.0 Å². The minimum absolute atomic E-state index is 0.875. The molecule has 0 amide bonds. The summed E-state index contributed by atoms with van der Waals surface area (Å²) in [4.78, 5) is 11.9. The monoisotopic (exact) mass is 261 g/mol. The molecule has 2 aromatic rings. The Morgan fingerprint density at radius 3 is 2.89 bits per heavy atom. The number of nitrogens with one attached hydrogen (secondary N) is 1. The number of nitrogens with zero attached hydrogens (tertiary/aromatic N) is 2. The minimum atomic E-state index is 0.875. The predicted molar refractivity (Wildman–Crippen MR) is 77.6 cm³/mol. The van der Waals surface area contributed by atoms with E-state index < -0.39 is 0 Å². The molecule has 0 bridgehead atoms. The van der Waals surface area contributed by atoms with Crippen molar-refractivity contribution in [2.75, 3.05) is 11.9 Å². The maximum atomic E-state index is 4.62. The lowest BCUT2D eigenvalue weighted by Crippen LogP contribution is -2.06. The highest BCUT2D eigenvalue weighted by atomic mass is 32.1. The second-order valence-electron chi connectivity index (χ2n) is 4.94. The Hall–Kier alpha value is -1.16. The topological polar surface area (TPSA) is 37.8 Å². The molecule has 0 spiro atoms. The SMILES string of the molecule is CCCNc1nc(C)nc2sc3c(c12)CCCC3. The molecule has 2 aromatic heterocycles. The fourth-order valence-electron chi connectivity index (χ4n) is 2.64.